The first-order valence-corrected chi connectivity index (χ1v) is 8.33. The molecule has 0 atom stereocenters. The minimum absolute atomic E-state index is 0.793. The Hall–Kier alpha value is -2.77. The van der Waals surface area contributed by atoms with E-state index in [9.17, 15) is 0 Å². The van der Waals surface area contributed by atoms with Gasteiger partial charge in [-0.15, -0.1) is 0 Å². The van der Waals surface area contributed by atoms with Gasteiger partial charge in [0.15, 0.2) is 0 Å². The lowest BCUT2D eigenvalue weighted by Crippen LogP contribution is -2.35. The third-order valence-corrected chi connectivity index (χ3v) is 4.40. The van der Waals surface area contributed by atoms with Gasteiger partial charge in [0.1, 0.15) is 5.65 Å². The van der Waals surface area contributed by atoms with Crippen molar-refractivity contribution in [2.45, 2.75) is 6.54 Å². The summed E-state index contributed by atoms with van der Waals surface area (Å²) in [6.45, 7) is 4.36. The summed E-state index contributed by atoms with van der Waals surface area (Å²) in [4.78, 5) is 10.3. The molecule has 4 heterocycles. The lowest BCUT2D eigenvalue weighted by molar-refractivity contribution is 0.0337. The number of nitrogens with zero attached hydrogens (tertiary/aromatic N) is 3. The van der Waals surface area contributed by atoms with Crippen LogP contribution in [0.1, 0.15) is 11.4 Å². The van der Waals surface area contributed by atoms with E-state index >= 15 is 0 Å². The van der Waals surface area contributed by atoms with Gasteiger partial charge in [0, 0.05) is 48.7 Å². The van der Waals surface area contributed by atoms with Gasteiger partial charge in [-0.05, 0) is 29.8 Å². The van der Waals surface area contributed by atoms with Crippen LogP contribution in [0.5, 0.6) is 0 Å². The summed E-state index contributed by atoms with van der Waals surface area (Å²) < 4.78 is 5.41. The van der Waals surface area contributed by atoms with Crippen molar-refractivity contribution in [3.05, 3.63) is 42.0 Å². The second kappa shape index (κ2) is 7.00. The van der Waals surface area contributed by atoms with Crippen molar-refractivity contribution in [3.8, 4) is 11.1 Å². The first-order valence-electron chi connectivity index (χ1n) is 8.33. The van der Waals surface area contributed by atoms with Crippen LogP contribution in [0.25, 0.3) is 28.2 Å². The van der Waals surface area contributed by atoms with Crippen molar-refractivity contribution >= 4 is 23.3 Å². The average Bonchev–Trinajstić information content (AvgIpc) is 3.26. The lowest BCUT2D eigenvalue weighted by atomic mass is 10.0. The number of hydrogen-bond acceptors (Lipinski definition) is 5. The predicted octanol–water partition coefficient (Wildman–Crippen LogP) is 2.45. The van der Waals surface area contributed by atoms with E-state index in [-0.39, 0.29) is 0 Å². The third kappa shape index (κ3) is 3.24. The van der Waals surface area contributed by atoms with Gasteiger partial charge in [-0.25, -0.2) is 4.98 Å². The van der Waals surface area contributed by atoms with Crippen molar-refractivity contribution in [3.63, 3.8) is 0 Å². The maximum Gasteiger partial charge on any atom is 0.138 e. The topological polar surface area (TPSA) is 93.7 Å². The number of morpholine rings is 1. The molecular weight excluding hydrogens is 316 g/mol. The molecule has 0 bridgehead atoms. The summed E-state index contributed by atoms with van der Waals surface area (Å²) >= 11 is 0. The van der Waals surface area contributed by atoms with Crippen LogP contribution in [0.15, 0.2) is 30.6 Å². The normalized spacial score (nSPS) is 16.0. The fourth-order valence-corrected chi connectivity index (χ4v) is 3.18. The predicted molar refractivity (Wildman–Crippen MR) is 97.6 cm³/mol. The molecule has 1 fully saturated rings. The van der Waals surface area contributed by atoms with Crippen LogP contribution in [-0.4, -0.2) is 57.6 Å². The van der Waals surface area contributed by atoms with Crippen LogP contribution in [0.3, 0.4) is 0 Å². The molecule has 0 spiro atoms. The molecule has 0 radical (unpaired) electrons. The maximum absolute atomic E-state index is 7.16. The van der Waals surface area contributed by atoms with E-state index in [4.69, 9.17) is 10.1 Å². The van der Waals surface area contributed by atoms with Crippen molar-refractivity contribution in [1.82, 2.24) is 25.1 Å². The molecule has 0 saturated carbocycles. The maximum atomic E-state index is 7.16. The molecule has 1 aliphatic rings. The molecule has 0 aromatic carbocycles. The van der Waals surface area contributed by atoms with Crippen LogP contribution in [0.2, 0.25) is 0 Å². The zero-order chi connectivity index (χ0) is 17.1. The molecule has 0 aliphatic carbocycles. The van der Waals surface area contributed by atoms with E-state index < -0.39 is 0 Å². The standard InChI is InChI=1S/C18H20N6O/c19-4-1-2-17-16(11-21-23-17)14-3-5-20-18-15(14)10-13(22-18)12-24-6-8-25-9-7-24/h1-5,10-11,19H,6-9,12H2,(H,20,22)(H,21,23)/b2-1-,19-4?. The molecule has 128 valence electrons. The smallest absolute Gasteiger partial charge is 0.138 e. The second-order valence-electron chi connectivity index (χ2n) is 6.03. The lowest BCUT2D eigenvalue weighted by Gasteiger charge is -2.25. The van der Waals surface area contributed by atoms with Crippen molar-refractivity contribution in [1.29, 1.82) is 5.41 Å². The van der Waals surface area contributed by atoms with Gasteiger partial charge in [-0.2, -0.15) is 5.10 Å². The zero-order valence-corrected chi connectivity index (χ0v) is 13.8. The Morgan fingerprint density at radius 1 is 1.28 bits per heavy atom. The van der Waals surface area contributed by atoms with Crippen LogP contribution in [0, 0.1) is 5.41 Å². The molecule has 3 aromatic heterocycles. The van der Waals surface area contributed by atoms with Gasteiger partial charge in [0.2, 0.25) is 0 Å². The number of H-pyrrole nitrogens is 2. The van der Waals surface area contributed by atoms with E-state index in [0.29, 0.717) is 0 Å². The van der Waals surface area contributed by atoms with Gasteiger partial charge in [-0.3, -0.25) is 10.00 Å². The first-order chi connectivity index (χ1) is 12.3. The summed E-state index contributed by atoms with van der Waals surface area (Å²) in [7, 11) is 0. The van der Waals surface area contributed by atoms with E-state index in [1.165, 1.54) is 6.21 Å². The number of nitrogens with one attached hydrogen (secondary N) is 3. The number of aromatic amines is 2. The van der Waals surface area contributed by atoms with Crippen molar-refractivity contribution in [2.75, 3.05) is 26.3 Å². The van der Waals surface area contributed by atoms with Gasteiger partial charge in [0.25, 0.3) is 0 Å². The molecule has 7 heteroatoms. The zero-order valence-electron chi connectivity index (χ0n) is 13.8. The molecule has 1 aliphatic heterocycles. The Morgan fingerprint density at radius 3 is 3.00 bits per heavy atom. The van der Waals surface area contributed by atoms with Gasteiger partial charge < -0.3 is 15.1 Å². The third-order valence-electron chi connectivity index (χ3n) is 4.40. The molecule has 3 aromatic rings. The van der Waals surface area contributed by atoms with Gasteiger partial charge in [0.05, 0.1) is 25.1 Å². The van der Waals surface area contributed by atoms with Gasteiger partial charge in [-0.1, -0.05) is 0 Å². The minimum atomic E-state index is 0.793. The number of hydrogen-bond donors (Lipinski definition) is 3. The molecule has 0 amide bonds. The van der Waals surface area contributed by atoms with Crippen LogP contribution >= 0.6 is 0 Å². The van der Waals surface area contributed by atoms with E-state index in [1.807, 2.05) is 24.5 Å². The van der Waals surface area contributed by atoms with E-state index in [1.54, 1.807) is 6.08 Å². The highest BCUT2D eigenvalue weighted by Crippen LogP contribution is 2.30. The fraction of sp³-hybridized carbons (Fsp3) is 0.278. The summed E-state index contributed by atoms with van der Waals surface area (Å²) in [5.41, 5.74) is 4.99. The number of aromatic nitrogens is 4. The van der Waals surface area contributed by atoms with Crippen LogP contribution in [-0.2, 0) is 11.3 Å². The highest BCUT2D eigenvalue weighted by molar-refractivity contribution is 5.95. The number of rotatable bonds is 5. The Balaban J connectivity index is 1.69. The molecule has 4 rings (SSSR count). The molecule has 25 heavy (non-hydrogen) atoms. The van der Waals surface area contributed by atoms with Crippen molar-refractivity contribution in [2.24, 2.45) is 0 Å². The van der Waals surface area contributed by atoms with Gasteiger partial charge >= 0.3 is 0 Å². The Bertz CT molecular complexity index is 903. The minimum Gasteiger partial charge on any atom is -0.379 e. The van der Waals surface area contributed by atoms with Crippen LogP contribution in [0.4, 0.5) is 0 Å². The quantitative estimate of drug-likeness (QED) is 0.624. The highest BCUT2D eigenvalue weighted by Gasteiger charge is 2.15. The fourth-order valence-electron chi connectivity index (χ4n) is 3.18. The molecule has 1 saturated heterocycles. The van der Waals surface area contributed by atoms with E-state index in [2.05, 4.69) is 31.1 Å². The van der Waals surface area contributed by atoms with Crippen molar-refractivity contribution < 1.29 is 4.74 Å². The number of allylic oxidation sites excluding steroid dienone is 1. The number of pyridine rings is 1. The molecule has 3 N–H and O–H groups in total. The Kier molecular flexibility index (Phi) is 4.41. The monoisotopic (exact) mass is 336 g/mol. The largest absolute Gasteiger partial charge is 0.379 e. The summed E-state index contributed by atoms with van der Waals surface area (Å²) in [5.74, 6) is 0. The number of fused-ring (bicyclic) bond motifs is 1. The second-order valence-corrected chi connectivity index (χ2v) is 6.03. The highest BCUT2D eigenvalue weighted by atomic mass is 16.5. The Labute approximate surface area is 145 Å². The van der Waals surface area contributed by atoms with E-state index in [0.717, 1.165) is 66.4 Å². The average molecular weight is 336 g/mol. The molecule has 7 nitrogen and oxygen atoms in total. The Morgan fingerprint density at radius 2 is 2.16 bits per heavy atom. The summed E-state index contributed by atoms with van der Waals surface area (Å²) in [5, 5.41) is 15.4. The molecule has 0 unspecified atom stereocenters. The first kappa shape index (κ1) is 15.7. The number of ether oxygens (including phenoxy) is 1. The summed E-state index contributed by atoms with van der Waals surface area (Å²) in [6, 6.07) is 4.17. The summed E-state index contributed by atoms with van der Waals surface area (Å²) in [6.07, 6.45) is 8.40. The molecular formula is C18H20N6O. The van der Waals surface area contributed by atoms with Crippen LogP contribution < -0.4 is 0 Å². The SMILES string of the molecule is N=C/C=C\c1[nH]ncc1-c1ccnc2[nH]c(CN3CCOCC3)cc12.